The SMILES string of the molecule is CCCCCCCCCCCCCCCCCCC#Cc1ccccc1. The minimum atomic E-state index is 1.05. The fraction of sp³-hybridized carbons (Fsp3) is 0.692. The van der Waals surface area contributed by atoms with Crippen LogP contribution in [0.5, 0.6) is 0 Å². The van der Waals surface area contributed by atoms with Crippen LogP contribution in [0.4, 0.5) is 0 Å². The van der Waals surface area contributed by atoms with Crippen LogP contribution in [0.25, 0.3) is 0 Å². The van der Waals surface area contributed by atoms with Crippen molar-refractivity contribution < 1.29 is 0 Å². The van der Waals surface area contributed by atoms with Gasteiger partial charge in [0.1, 0.15) is 0 Å². The first kappa shape index (κ1) is 22.8. The van der Waals surface area contributed by atoms with Gasteiger partial charge >= 0.3 is 0 Å². The molecule has 0 heterocycles. The Hall–Kier alpha value is -1.22. The normalized spacial score (nSPS) is 10.5. The smallest absolute Gasteiger partial charge is 0.0245 e. The molecule has 26 heavy (non-hydrogen) atoms. The summed E-state index contributed by atoms with van der Waals surface area (Å²) in [6.45, 7) is 2.29. The molecule has 146 valence electrons. The lowest BCUT2D eigenvalue weighted by Gasteiger charge is -2.03. The van der Waals surface area contributed by atoms with Gasteiger partial charge in [0.15, 0.2) is 0 Å². The molecule has 0 nitrogen and oxygen atoms in total. The first-order valence-electron chi connectivity index (χ1n) is 11.5. The van der Waals surface area contributed by atoms with Crippen molar-refractivity contribution in [3.05, 3.63) is 35.9 Å². The van der Waals surface area contributed by atoms with Gasteiger partial charge in [-0.3, -0.25) is 0 Å². The molecule has 0 aromatic heterocycles. The van der Waals surface area contributed by atoms with Gasteiger partial charge in [0.25, 0.3) is 0 Å². The second-order valence-electron chi connectivity index (χ2n) is 7.72. The highest BCUT2D eigenvalue weighted by atomic mass is 14.0. The molecule has 0 aliphatic heterocycles. The summed E-state index contributed by atoms with van der Waals surface area (Å²) < 4.78 is 0. The fourth-order valence-corrected chi connectivity index (χ4v) is 3.45. The van der Waals surface area contributed by atoms with E-state index in [2.05, 4.69) is 43.0 Å². The monoisotopic (exact) mass is 354 g/mol. The molecule has 0 bridgehead atoms. The van der Waals surface area contributed by atoms with Gasteiger partial charge in [0, 0.05) is 12.0 Å². The van der Waals surface area contributed by atoms with E-state index in [9.17, 15) is 0 Å². The van der Waals surface area contributed by atoms with E-state index in [4.69, 9.17) is 0 Å². The van der Waals surface area contributed by atoms with Gasteiger partial charge in [-0.1, -0.05) is 133 Å². The summed E-state index contributed by atoms with van der Waals surface area (Å²) >= 11 is 0. The molecule has 0 unspecified atom stereocenters. The average molecular weight is 355 g/mol. The predicted molar refractivity (Wildman–Crippen MR) is 117 cm³/mol. The van der Waals surface area contributed by atoms with Crippen LogP contribution in [0, 0.1) is 11.8 Å². The van der Waals surface area contributed by atoms with Gasteiger partial charge in [-0.05, 0) is 18.6 Å². The standard InChI is InChI=1S/C26H42/c1-2-3-4-5-6-7-8-9-10-11-12-13-14-15-16-17-18-20-23-26-24-21-19-22-25-26/h19,21-22,24-25H,2-18H2,1H3. The van der Waals surface area contributed by atoms with Crippen molar-refractivity contribution in [3.8, 4) is 11.8 Å². The molecule has 0 amide bonds. The van der Waals surface area contributed by atoms with Crippen LogP contribution in [0.15, 0.2) is 30.3 Å². The molecule has 0 saturated heterocycles. The number of hydrogen-bond acceptors (Lipinski definition) is 0. The number of rotatable bonds is 16. The maximum absolute atomic E-state index is 3.30. The summed E-state index contributed by atoms with van der Waals surface area (Å²) in [5.74, 6) is 6.55. The Morgan fingerprint density at radius 1 is 0.538 bits per heavy atom. The quantitative estimate of drug-likeness (QED) is 0.206. The molecule has 0 atom stereocenters. The molecule has 1 aromatic carbocycles. The van der Waals surface area contributed by atoms with E-state index in [1.807, 2.05) is 6.07 Å². The predicted octanol–water partition coefficient (Wildman–Crippen LogP) is 8.69. The van der Waals surface area contributed by atoms with E-state index in [-0.39, 0.29) is 0 Å². The fourth-order valence-electron chi connectivity index (χ4n) is 3.45. The van der Waals surface area contributed by atoms with Gasteiger partial charge in [0.05, 0.1) is 0 Å². The Bertz CT molecular complexity index is 448. The lowest BCUT2D eigenvalue weighted by atomic mass is 10.0. The van der Waals surface area contributed by atoms with Crippen molar-refractivity contribution in [1.29, 1.82) is 0 Å². The zero-order valence-corrected chi connectivity index (χ0v) is 17.4. The van der Waals surface area contributed by atoms with Crippen LogP contribution >= 0.6 is 0 Å². The van der Waals surface area contributed by atoms with Crippen molar-refractivity contribution in [3.63, 3.8) is 0 Å². The third-order valence-electron chi connectivity index (χ3n) is 5.16. The van der Waals surface area contributed by atoms with Gasteiger partial charge in [-0.15, -0.1) is 0 Å². The maximum atomic E-state index is 3.30. The van der Waals surface area contributed by atoms with Crippen LogP contribution in [-0.2, 0) is 0 Å². The lowest BCUT2D eigenvalue weighted by molar-refractivity contribution is 0.530. The molecule has 0 saturated carbocycles. The molecule has 0 aliphatic carbocycles. The molecule has 0 aliphatic rings. The Morgan fingerprint density at radius 3 is 1.42 bits per heavy atom. The minimum absolute atomic E-state index is 1.05. The zero-order valence-electron chi connectivity index (χ0n) is 17.4. The van der Waals surface area contributed by atoms with Crippen molar-refractivity contribution in [2.24, 2.45) is 0 Å². The maximum Gasteiger partial charge on any atom is 0.0245 e. The largest absolute Gasteiger partial charge is 0.0979 e. The molecule has 0 fully saturated rings. The summed E-state index contributed by atoms with van der Waals surface area (Å²) in [5.41, 5.74) is 1.14. The number of hydrogen-bond donors (Lipinski definition) is 0. The van der Waals surface area contributed by atoms with E-state index in [0.717, 1.165) is 12.0 Å². The summed E-state index contributed by atoms with van der Waals surface area (Å²) in [7, 11) is 0. The second kappa shape index (κ2) is 18.6. The van der Waals surface area contributed by atoms with E-state index in [1.165, 1.54) is 103 Å². The molecule has 1 aromatic rings. The van der Waals surface area contributed by atoms with Gasteiger partial charge in [0.2, 0.25) is 0 Å². The van der Waals surface area contributed by atoms with Crippen molar-refractivity contribution in [1.82, 2.24) is 0 Å². The topological polar surface area (TPSA) is 0 Å². The Balaban J connectivity index is 1.74. The second-order valence-corrected chi connectivity index (χ2v) is 7.72. The molecular weight excluding hydrogens is 312 g/mol. The van der Waals surface area contributed by atoms with Gasteiger partial charge in [-0.25, -0.2) is 0 Å². The summed E-state index contributed by atoms with van der Waals surface area (Å²) in [4.78, 5) is 0. The van der Waals surface area contributed by atoms with Crippen LogP contribution in [-0.4, -0.2) is 0 Å². The van der Waals surface area contributed by atoms with Crippen molar-refractivity contribution in [2.75, 3.05) is 0 Å². The van der Waals surface area contributed by atoms with Crippen LogP contribution < -0.4 is 0 Å². The van der Waals surface area contributed by atoms with Crippen molar-refractivity contribution in [2.45, 2.75) is 116 Å². The number of unbranched alkanes of at least 4 members (excludes halogenated alkanes) is 16. The molecule has 0 N–H and O–H groups in total. The molecular formula is C26H42. The molecule has 0 spiro atoms. The van der Waals surface area contributed by atoms with E-state index >= 15 is 0 Å². The first-order valence-corrected chi connectivity index (χ1v) is 11.5. The highest BCUT2D eigenvalue weighted by Gasteiger charge is 1.94. The third-order valence-corrected chi connectivity index (χ3v) is 5.16. The van der Waals surface area contributed by atoms with E-state index < -0.39 is 0 Å². The van der Waals surface area contributed by atoms with Gasteiger partial charge in [-0.2, -0.15) is 0 Å². The van der Waals surface area contributed by atoms with Gasteiger partial charge < -0.3 is 0 Å². The number of benzene rings is 1. The van der Waals surface area contributed by atoms with E-state index in [1.54, 1.807) is 0 Å². The van der Waals surface area contributed by atoms with Crippen LogP contribution in [0.1, 0.15) is 122 Å². The third kappa shape index (κ3) is 15.1. The molecule has 0 radical (unpaired) electrons. The first-order chi connectivity index (χ1) is 12.9. The summed E-state index contributed by atoms with van der Waals surface area (Å²) in [6, 6.07) is 10.3. The van der Waals surface area contributed by atoms with E-state index in [0.29, 0.717) is 0 Å². The average Bonchev–Trinajstić information content (AvgIpc) is 2.68. The molecule has 0 heteroatoms. The lowest BCUT2D eigenvalue weighted by Crippen LogP contribution is -1.83. The Labute approximate surface area is 164 Å². The minimum Gasteiger partial charge on any atom is -0.0979 e. The highest BCUT2D eigenvalue weighted by Crippen LogP contribution is 2.13. The Kier molecular flexibility index (Phi) is 16.3. The molecule has 1 rings (SSSR count). The van der Waals surface area contributed by atoms with Crippen molar-refractivity contribution >= 4 is 0 Å². The summed E-state index contributed by atoms with van der Waals surface area (Å²) in [5, 5.41) is 0. The van der Waals surface area contributed by atoms with Crippen LogP contribution in [0.3, 0.4) is 0 Å². The van der Waals surface area contributed by atoms with Crippen LogP contribution in [0.2, 0.25) is 0 Å². The highest BCUT2D eigenvalue weighted by molar-refractivity contribution is 5.33. The summed E-state index contributed by atoms with van der Waals surface area (Å²) in [6.07, 6.45) is 23.9. The zero-order chi connectivity index (χ0) is 18.5. The Morgan fingerprint density at radius 2 is 0.962 bits per heavy atom.